The van der Waals surface area contributed by atoms with E-state index in [1.165, 1.54) is 0 Å². The van der Waals surface area contributed by atoms with E-state index in [0.29, 0.717) is 12.3 Å². The Labute approximate surface area is 123 Å². The van der Waals surface area contributed by atoms with Gasteiger partial charge >= 0.3 is 6.09 Å². The van der Waals surface area contributed by atoms with Gasteiger partial charge in [-0.3, -0.25) is 10.2 Å². The summed E-state index contributed by atoms with van der Waals surface area (Å²) in [5, 5.41) is 0. The van der Waals surface area contributed by atoms with Gasteiger partial charge in [0.05, 0.1) is 0 Å². The molecular weight excluding hydrogens is 274 g/mol. The van der Waals surface area contributed by atoms with E-state index in [1.54, 1.807) is 45.0 Å². The SMILES string of the molecule is CC(C)(C)OC(=O)NNCc1ccc(OCC(N)=O)cc1. The van der Waals surface area contributed by atoms with Crippen molar-refractivity contribution in [1.29, 1.82) is 0 Å². The van der Waals surface area contributed by atoms with Crippen molar-refractivity contribution >= 4 is 12.0 Å². The van der Waals surface area contributed by atoms with Crippen LogP contribution < -0.4 is 21.3 Å². The molecule has 0 fully saturated rings. The van der Waals surface area contributed by atoms with Crippen LogP contribution >= 0.6 is 0 Å². The van der Waals surface area contributed by atoms with Gasteiger partial charge in [0.15, 0.2) is 6.61 Å². The van der Waals surface area contributed by atoms with Crippen LogP contribution in [0.4, 0.5) is 4.79 Å². The van der Waals surface area contributed by atoms with Crippen LogP contribution in [0, 0.1) is 0 Å². The molecule has 0 radical (unpaired) electrons. The van der Waals surface area contributed by atoms with Crippen molar-refractivity contribution in [3.63, 3.8) is 0 Å². The summed E-state index contributed by atoms with van der Waals surface area (Å²) < 4.78 is 10.2. The molecular formula is C14H21N3O4. The number of rotatable bonds is 6. The Hall–Kier alpha value is -2.28. The highest BCUT2D eigenvalue weighted by Crippen LogP contribution is 2.11. The molecule has 1 aromatic carbocycles. The summed E-state index contributed by atoms with van der Waals surface area (Å²) in [6, 6.07) is 7.04. The summed E-state index contributed by atoms with van der Waals surface area (Å²) in [6.07, 6.45) is -0.538. The maximum absolute atomic E-state index is 11.4. The fourth-order valence-electron chi connectivity index (χ4n) is 1.38. The van der Waals surface area contributed by atoms with Gasteiger partial charge in [-0.1, -0.05) is 12.1 Å². The van der Waals surface area contributed by atoms with Crippen LogP contribution in [0.1, 0.15) is 26.3 Å². The summed E-state index contributed by atoms with van der Waals surface area (Å²) in [5.74, 6) is 0.0277. The minimum atomic E-state index is -0.538. The summed E-state index contributed by atoms with van der Waals surface area (Å²) in [5.41, 5.74) is 10.6. The van der Waals surface area contributed by atoms with Crippen molar-refractivity contribution in [3.05, 3.63) is 29.8 Å². The van der Waals surface area contributed by atoms with Crippen molar-refractivity contribution in [2.45, 2.75) is 32.9 Å². The van der Waals surface area contributed by atoms with Crippen molar-refractivity contribution in [2.24, 2.45) is 5.73 Å². The zero-order chi connectivity index (χ0) is 15.9. The predicted molar refractivity (Wildman–Crippen MR) is 77.3 cm³/mol. The van der Waals surface area contributed by atoms with Crippen molar-refractivity contribution in [2.75, 3.05) is 6.61 Å². The highest BCUT2D eigenvalue weighted by Gasteiger charge is 2.15. The molecule has 0 saturated carbocycles. The average molecular weight is 295 g/mol. The van der Waals surface area contributed by atoms with Crippen LogP contribution in [-0.4, -0.2) is 24.2 Å². The second kappa shape index (κ2) is 7.49. The number of primary amides is 1. The number of carbonyl (C=O) groups excluding carboxylic acids is 2. The first-order valence-electron chi connectivity index (χ1n) is 6.48. The molecule has 0 aromatic heterocycles. The highest BCUT2D eigenvalue weighted by molar-refractivity contribution is 5.75. The molecule has 0 aliphatic heterocycles. The Bertz CT molecular complexity index is 480. The maximum Gasteiger partial charge on any atom is 0.422 e. The molecule has 1 rings (SSSR count). The molecule has 116 valence electrons. The smallest absolute Gasteiger partial charge is 0.422 e. The van der Waals surface area contributed by atoms with E-state index in [4.69, 9.17) is 15.2 Å². The van der Waals surface area contributed by atoms with E-state index < -0.39 is 17.6 Å². The topological polar surface area (TPSA) is 103 Å². The molecule has 0 aliphatic carbocycles. The first kappa shape index (κ1) is 16.8. The number of hydrogen-bond donors (Lipinski definition) is 3. The maximum atomic E-state index is 11.4. The molecule has 4 N–H and O–H groups in total. The minimum Gasteiger partial charge on any atom is -0.484 e. The second-order valence-corrected chi connectivity index (χ2v) is 5.38. The van der Waals surface area contributed by atoms with Gasteiger partial charge in [-0.25, -0.2) is 10.2 Å². The lowest BCUT2D eigenvalue weighted by Crippen LogP contribution is -2.40. The molecule has 21 heavy (non-hydrogen) atoms. The van der Waals surface area contributed by atoms with Crippen LogP contribution in [0.3, 0.4) is 0 Å². The molecule has 2 amide bonds. The number of nitrogens with two attached hydrogens (primary N) is 1. The molecule has 0 saturated heterocycles. The summed E-state index contributed by atoms with van der Waals surface area (Å²) in [4.78, 5) is 22.0. The average Bonchev–Trinajstić information content (AvgIpc) is 2.35. The van der Waals surface area contributed by atoms with Crippen LogP contribution in [-0.2, 0) is 16.1 Å². The standard InChI is InChI=1S/C14H21N3O4/c1-14(2,3)21-13(19)17-16-8-10-4-6-11(7-5-10)20-9-12(15)18/h4-7,16H,8-9H2,1-3H3,(H2,15,18)(H,17,19). The number of nitrogens with one attached hydrogen (secondary N) is 2. The zero-order valence-electron chi connectivity index (χ0n) is 12.4. The monoisotopic (exact) mass is 295 g/mol. The van der Waals surface area contributed by atoms with Crippen molar-refractivity contribution < 1.29 is 19.1 Å². The quantitative estimate of drug-likeness (QED) is 0.681. The molecule has 7 heteroatoms. The Morgan fingerprint density at radius 3 is 2.33 bits per heavy atom. The number of hydrazine groups is 1. The Balaban J connectivity index is 2.33. The van der Waals surface area contributed by atoms with Crippen molar-refractivity contribution in [1.82, 2.24) is 10.9 Å². The van der Waals surface area contributed by atoms with Gasteiger partial charge < -0.3 is 15.2 Å². The number of hydrogen-bond acceptors (Lipinski definition) is 5. The van der Waals surface area contributed by atoms with Gasteiger partial charge in [-0.05, 0) is 38.5 Å². The van der Waals surface area contributed by atoms with Crippen molar-refractivity contribution in [3.8, 4) is 5.75 Å². The number of ether oxygens (including phenoxy) is 2. The molecule has 0 atom stereocenters. The summed E-state index contributed by atoms with van der Waals surface area (Å²) in [6.45, 7) is 5.64. The fourth-order valence-corrected chi connectivity index (χ4v) is 1.38. The minimum absolute atomic E-state index is 0.155. The highest BCUT2D eigenvalue weighted by atomic mass is 16.6. The number of benzene rings is 1. The summed E-state index contributed by atoms with van der Waals surface area (Å²) in [7, 11) is 0. The normalized spacial score (nSPS) is 10.8. The van der Waals surface area contributed by atoms with Gasteiger partial charge in [-0.2, -0.15) is 0 Å². The Morgan fingerprint density at radius 1 is 1.19 bits per heavy atom. The lowest BCUT2D eigenvalue weighted by Gasteiger charge is -2.19. The number of amides is 2. The zero-order valence-corrected chi connectivity index (χ0v) is 12.4. The third kappa shape index (κ3) is 7.78. The van der Waals surface area contributed by atoms with Gasteiger partial charge in [-0.15, -0.1) is 0 Å². The molecule has 7 nitrogen and oxygen atoms in total. The third-order valence-corrected chi connectivity index (χ3v) is 2.19. The molecule has 0 bridgehead atoms. The van der Waals surface area contributed by atoms with E-state index in [9.17, 15) is 9.59 Å². The van der Waals surface area contributed by atoms with Gasteiger partial charge in [0, 0.05) is 6.54 Å². The van der Waals surface area contributed by atoms with E-state index >= 15 is 0 Å². The van der Waals surface area contributed by atoms with E-state index in [-0.39, 0.29) is 6.61 Å². The van der Waals surface area contributed by atoms with Crippen LogP contribution in [0.25, 0.3) is 0 Å². The predicted octanol–water partition coefficient (Wildman–Crippen LogP) is 1.08. The van der Waals surface area contributed by atoms with Gasteiger partial charge in [0.25, 0.3) is 5.91 Å². The molecule has 0 aliphatic rings. The van der Waals surface area contributed by atoms with Crippen LogP contribution in [0.5, 0.6) is 5.75 Å². The fraction of sp³-hybridized carbons (Fsp3) is 0.429. The lowest BCUT2D eigenvalue weighted by molar-refractivity contribution is -0.119. The largest absolute Gasteiger partial charge is 0.484 e. The molecule has 0 spiro atoms. The molecule has 0 heterocycles. The number of carbonyl (C=O) groups is 2. The molecule has 1 aromatic rings. The van der Waals surface area contributed by atoms with Crippen LogP contribution in [0.2, 0.25) is 0 Å². The first-order chi connectivity index (χ1) is 9.76. The molecule has 0 unspecified atom stereocenters. The lowest BCUT2D eigenvalue weighted by atomic mass is 10.2. The van der Waals surface area contributed by atoms with E-state index in [1.807, 2.05) is 0 Å². The van der Waals surface area contributed by atoms with Crippen LogP contribution in [0.15, 0.2) is 24.3 Å². The second-order valence-electron chi connectivity index (χ2n) is 5.38. The summed E-state index contributed by atoms with van der Waals surface area (Å²) >= 11 is 0. The third-order valence-electron chi connectivity index (χ3n) is 2.19. The Morgan fingerprint density at radius 2 is 1.81 bits per heavy atom. The van der Waals surface area contributed by atoms with Gasteiger partial charge in [0.2, 0.25) is 0 Å². The van der Waals surface area contributed by atoms with E-state index in [0.717, 1.165) is 5.56 Å². The first-order valence-corrected chi connectivity index (χ1v) is 6.48. The Kier molecular flexibility index (Phi) is 5.98. The van der Waals surface area contributed by atoms with Gasteiger partial charge in [0.1, 0.15) is 11.4 Å². The van der Waals surface area contributed by atoms with E-state index in [2.05, 4.69) is 10.9 Å².